The molecule has 0 radical (unpaired) electrons. The molecule has 0 spiro atoms. The smallest absolute Gasteiger partial charge is 0.166 e. The van der Waals surface area contributed by atoms with Crippen molar-refractivity contribution in [2.24, 2.45) is 0 Å². The summed E-state index contributed by atoms with van der Waals surface area (Å²) >= 11 is 0. The Morgan fingerprint density at radius 1 is 1.10 bits per heavy atom. The molecule has 1 aromatic rings. The summed E-state index contributed by atoms with van der Waals surface area (Å²) in [7, 11) is -1.59. The average molecular weight is 286 g/mol. The van der Waals surface area contributed by atoms with Crippen molar-refractivity contribution in [1.29, 1.82) is 0 Å². The fraction of sp³-hybridized carbons (Fsp3) is 0.500. The van der Waals surface area contributed by atoms with Crippen molar-refractivity contribution in [2.75, 3.05) is 0 Å². The largest absolute Gasteiger partial charge is 0.294 e. The van der Waals surface area contributed by atoms with Crippen LogP contribution in [0.2, 0.25) is 24.7 Å². The molecular formula is C18H26OSi. The maximum atomic E-state index is 13.2. The number of allylic oxidation sites excluding steroid dienone is 2. The summed E-state index contributed by atoms with van der Waals surface area (Å²) in [6.07, 6.45) is 3.13. The molecule has 1 aliphatic rings. The standard InChI is InChI=1S/C18H26OSi/c1-14(2)16-11-12-18(13-16,20(3,4)5)17(19)15-9-7-6-8-10-15/h6-10H,11-13H2,1-5H3. The van der Waals surface area contributed by atoms with E-state index in [1.165, 1.54) is 11.1 Å². The van der Waals surface area contributed by atoms with Crippen molar-refractivity contribution in [3.05, 3.63) is 47.0 Å². The van der Waals surface area contributed by atoms with Gasteiger partial charge in [-0.05, 0) is 33.1 Å². The van der Waals surface area contributed by atoms with E-state index in [9.17, 15) is 4.79 Å². The molecule has 0 heterocycles. The summed E-state index contributed by atoms with van der Waals surface area (Å²) in [5.41, 5.74) is 3.81. The van der Waals surface area contributed by atoms with E-state index in [-0.39, 0.29) is 5.04 Å². The first kappa shape index (κ1) is 15.2. The van der Waals surface area contributed by atoms with E-state index in [2.05, 4.69) is 33.5 Å². The Hall–Kier alpha value is -1.15. The number of hydrogen-bond donors (Lipinski definition) is 0. The maximum absolute atomic E-state index is 13.2. The quantitative estimate of drug-likeness (QED) is 0.409. The van der Waals surface area contributed by atoms with Crippen molar-refractivity contribution < 1.29 is 4.79 Å². The van der Waals surface area contributed by atoms with Gasteiger partial charge in [-0.1, -0.05) is 61.1 Å². The Balaban J connectivity index is 2.46. The first-order chi connectivity index (χ1) is 9.28. The lowest BCUT2D eigenvalue weighted by atomic mass is 9.94. The van der Waals surface area contributed by atoms with Gasteiger partial charge in [0.15, 0.2) is 5.78 Å². The predicted octanol–water partition coefficient (Wildman–Crippen LogP) is 5.47. The minimum atomic E-state index is -1.59. The Kier molecular flexibility index (Phi) is 4.06. The normalized spacial score (nSPS) is 22.9. The van der Waals surface area contributed by atoms with Gasteiger partial charge >= 0.3 is 0 Å². The van der Waals surface area contributed by atoms with Gasteiger partial charge < -0.3 is 0 Å². The third-order valence-corrected chi connectivity index (χ3v) is 8.51. The molecule has 108 valence electrons. The highest BCUT2D eigenvalue weighted by molar-refractivity contribution is 6.83. The van der Waals surface area contributed by atoms with Gasteiger partial charge in [0.05, 0.1) is 8.07 Å². The molecule has 1 aliphatic carbocycles. The molecule has 1 nitrogen and oxygen atoms in total. The van der Waals surface area contributed by atoms with Gasteiger partial charge in [-0.2, -0.15) is 0 Å². The van der Waals surface area contributed by atoms with Gasteiger partial charge in [-0.25, -0.2) is 0 Å². The van der Waals surface area contributed by atoms with Crippen LogP contribution in [0.15, 0.2) is 41.5 Å². The molecule has 1 saturated carbocycles. The summed E-state index contributed by atoms with van der Waals surface area (Å²) in [5.74, 6) is 0.383. The van der Waals surface area contributed by atoms with Gasteiger partial charge in [-0.15, -0.1) is 0 Å². The van der Waals surface area contributed by atoms with Crippen LogP contribution in [0.25, 0.3) is 0 Å². The summed E-state index contributed by atoms with van der Waals surface area (Å²) < 4.78 is 0. The highest BCUT2D eigenvalue weighted by Crippen LogP contribution is 2.56. The predicted molar refractivity (Wildman–Crippen MR) is 89.0 cm³/mol. The van der Waals surface area contributed by atoms with Crippen molar-refractivity contribution >= 4 is 13.9 Å². The molecule has 0 aromatic heterocycles. The molecule has 0 bridgehead atoms. The van der Waals surface area contributed by atoms with Gasteiger partial charge in [0, 0.05) is 10.6 Å². The van der Waals surface area contributed by atoms with Crippen LogP contribution in [0, 0.1) is 0 Å². The fourth-order valence-corrected chi connectivity index (χ4v) is 5.82. The third-order valence-electron chi connectivity index (χ3n) is 4.98. The fourth-order valence-electron chi connectivity index (χ4n) is 3.37. The summed E-state index contributed by atoms with van der Waals surface area (Å²) in [6, 6.07) is 9.88. The zero-order chi connectivity index (χ0) is 15.0. The van der Waals surface area contributed by atoms with Crippen LogP contribution in [0.1, 0.15) is 43.5 Å². The molecule has 0 N–H and O–H groups in total. The second-order valence-electron chi connectivity index (χ2n) is 7.31. The van der Waals surface area contributed by atoms with Crippen LogP contribution in [-0.2, 0) is 0 Å². The SMILES string of the molecule is CC(C)=C1CCC(C(=O)c2ccccc2)([Si](C)(C)C)C1. The first-order valence-electron chi connectivity index (χ1n) is 7.53. The first-order valence-corrected chi connectivity index (χ1v) is 11.0. The Labute approximate surface area is 124 Å². The highest BCUT2D eigenvalue weighted by atomic mass is 28.3. The topological polar surface area (TPSA) is 17.1 Å². The Bertz CT molecular complexity index is 532. The zero-order valence-electron chi connectivity index (χ0n) is 13.4. The number of carbonyl (C=O) groups is 1. The van der Waals surface area contributed by atoms with Gasteiger partial charge in [0.25, 0.3) is 0 Å². The van der Waals surface area contributed by atoms with E-state index in [0.717, 1.165) is 24.8 Å². The van der Waals surface area contributed by atoms with E-state index in [1.807, 2.05) is 30.3 Å². The van der Waals surface area contributed by atoms with Crippen molar-refractivity contribution in [3.8, 4) is 0 Å². The number of carbonyl (C=O) groups excluding carboxylic acids is 1. The Morgan fingerprint density at radius 2 is 1.70 bits per heavy atom. The van der Waals surface area contributed by atoms with Gasteiger partial charge in [0.2, 0.25) is 0 Å². The van der Waals surface area contributed by atoms with E-state index in [0.29, 0.717) is 5.78 Å². The number of hydrogen-bond acceptors (Lipinski definition) is 1. The van der Waals surface area contributed by atoms with E-state index < -0.39 is 8.07 Å². The minimum absolute atomic E-state index is 0.110. The summed E-state index contributed by atoms with van der Waals surface area (Å²) in [4.78, 5) is 13.2. The maximum Gasteiger partial charge on any atom is 0.166 e. The minimum Gasteiger partial charge on any atom is -0.294 e. The van der Waals surface area contributed by atoms with Crippen molar-refractivity contribution in [1.82, 2.24) is 0 Å². The van der Waals surface area contributed by atoms with Gasteiger partial charge in [-0.3, -0.25) is 4.79 Å². The summed E-state index contributed by atoms with van der Waals surface area (Å²) in [6.45, 7) is 11.4. The molecule has 1 atom stereocenters. The second-order valence-corrected chi connectivity index (χ2v) is 12.8. The number of rotatable bonds is 3. The molecule has 1 fully saturated rings. The monoisotopic (exact) mass is 286 g/mol. The van der Waals surface area contributed by atoms with Gasteiger partial charge in [0.1, 0.15) is 0 Å². The molecule has 1 aromatic carbocycles. The van der Waals surface area contributed by atoms with Crippen LogP contribution in [-0.4, -0.2) is 13.9 Å². The number of ketones is 1. The van der Waals surface area contributed by atoms with E-state index in [1.54, 1.807) is 0 Å². The molecule has 0 saturated heterocycles. The van der Waals surface area contributed by atoms with Crippen LogP contribution in [0.3, 0.4) is 0 Å². The van der Waals surface area contributed by atoms with Crippen LogP contribution >= 0.6 is 0 Å². The van der Waals surface area contributed by atoms with Crippen molar-refractivity contribution in [2.45, 2.75) is 57.8 Å². The molecule has 2 rings (SSSR count). The molecule has 1 unspecified atom stereocenters. The van der Waals surface area contributed by atoms with E-state index in [4.69, 9.17) is 0 Å². The van der Waals surface area contributed by atoms with E-state index >= 15 is 0 Å². The van der Waals surface area contributed by atoms with Crippen molar-refractivity contribution in [3.63, 3.8) is 0 Å². The molecule has 0 amide bonds. The van der Waals surface area contributed by atoms with Crippen LogP contribution in [0.4, 0.5) is 0 Å². The number of Topliss-reactive ketones (excluding diaryl/α,β-unsaturated/α-hetero) is 1. The molecule has 2 heteroatoms. The molecular weight excluding hydrogens is 260 g/mol. The second kappa shape index (κ2) is 5.32. The number of benzene rings is 1. The lowest BCUT2D eigenvalue weighted by Gasteiger charge is -2.39. The third kappa shape index (κ3) is 2.54. The Morgan fingerprint density at radius 3 is 2.15 bits per heavy atom. The van der Waals surface area contributed by atoms with Crippen LogP contribution in [0.5, 0.6) is 0 Å². The average Bonchev–Trinajstić information content (AvgIpc) is 2.85. The van der Waals surface area contributed by atoms with Crippen LogP contribution < -0.4 is 0 Å². The zero-order valence-corrected chi connectivity index (χ0v) is 14.4. The lowest BCUT2D eigenvalue weighted by Crippen LogP contribution is -2.43. The highest BCUT2D eigenvalue weighted by Gasteiger charge is 2.52. The molecule has 20 heavy (non-hydrogen) atoms. The lowest BCUT2D eigenvalue weighted by molar-refractivity contribution is 0.0930. The summed E-state index contributed by atoms with van der Waals surface area (Å²) in [5, 5.41) is -0.110. The molecule has 0 aliphatic heterocycles.